The van der Waals surface area contributed by atoms with Crippen LogP contribution in [0.2, 0.25) is 0 Å². The molecule has 0 saturated heterocycles. The number of hydrogen-bond donors (Lipinski definition) is 1. The van der Waals surface area contributed by atoms with Gasteiger partial charge in [-0.3, -0.25) is 4.79 Å². The van der Waals surface area contributed by atoms with Crippen molar-refractivity contribution >= 4 is 12.0 Å². The number of rotatable bonds is 3. The third-order valence-corrected chi connectivity index (χ3v) is 3.82. The molecule has 0 spiro atoms. The van der Waals surface area contributed by atoms with E-state index in [0.717, 1.165) is 18.4 Å². The molecule has 1 amide bonds. The van der Waals surface area contributed by atoms with Crippen molar-refractivity contribution in [3.05, 3.63) is 41.5 Å². The average molecular weight is 257 g/mol. The van der Waals surface area contributed by atoms with Crippen molar-refractivity contribution in [1.82, 2.24) is 5.32 Å². The number of carbonyl (C=O) groups is 1. The Morgan fingerprint density at radius 2 is 2.00 bits per heavy atom. The summed E-state index contributed by atoms with van der Waals surface area (Å²) in [6.07, 6.45) is 6.87. The summed E-state index contributed by atoms with van der Waals surface area (Å²) in [4.78, 5) is 11.9. The lowest BCUT2D eigenvalue weighted by Crippen LogP contribution is -2.32. The van der Waals surface area contributed by atoms with Gasteiger partial charge in [0.1, 0.15) is 0 Å². The molecule has 0 heterocycles. The highest BCUT2D eigenvalue weighted by atomic mass is 16.1. The lowest BCUT2D eigenvalue weighted by atomic mass is 9.92. The molecule has 1 fully saturated rings. The fourth-order valence-electron chi connectivity index (χ4n) is 2.66. The molecule has 1 aliphatic rings. The molecule has 1 saturated carbocycles. The molecule has 1 aromatic carbocycles. The largest absolute Gasteiger partial charge is 0.350 e. The Hall–Kier alpha value is -1.57. The molecular weight excluding hydrogens is 234 g/mol. The van der Waals surface area contributed by atoms with Gasteiger partial charge >= 0.3 is 0 Å². The highest BCUT2D eigenvalue weighted by Crippen LogP contribution is 2.36. The summed E-state index contributed by atoms with van der Waals surface area (Å²) in [7, 11) is 0. The standard InChI is InChI=1S/C17H23NO/c1-13-4-6-14(7-5-13)8-9-16(19)18-15-10-11-17(2,3)12-15/h4-9,15H,10-12H2,1-3H3,(H,18,19)/b9-8+. The smallest absolute Gasteiger partial charge is 0.244 e. The Morgan fingerprint density at radius 1 is 1.32 bits per heavy atom. The minimum Gasteiger partial charge on any atom is -0.350 e. The molecule has 0 aromatic heterocycles. The lowest BCUT2D eigenvalue weighted by molar-refractivity contribution is -0.117. The van der Waals surface area contributed by atoms with Crippen LogP contribution < -0.4 is 5.32 Å². The molecular formula is C17H23NO. The van der Waals surface area contributed by atoms with E-state index in [1.54, 1.807) is 6.08 Å². The first kappa shape index (κ1) is 13.9. The van der Waals surface area contributed by atoms with Crippen molar-refractivity contribution in [2.24, 2.45) is 5.41 Å². The van der Waals surface area contributed by atoms with Gasteiger partial charge in [0.05, 0.1) is 0 Å². The molecule has 102 valence electrons. The SMILES string of the molecule is Cc1ccc(/C=C/C(=O)NC2CCC(C)(C)C2)cc1. The summed E-state index contributed by atoms with van der Waals surface area (Å²) in [5, 5.41) is 3.09. The van der Waals surface area contributed by atoms with Gasteiger partial charge in [-0.1, -0.05) is 43.7 Å². The summed E-state index contributed by atoms with van der Waals surface area (Å²) >= 11 is 0. The first-order chi connectivity index (χ1) is 8.94. The van der Waals surface area contributed by atoms with Crippen LogP contribution in [-0.4, -0.2) is 11.9 Å². The van der Waals surface area contributed by atoms with Crippen molar-refractivity contribution in [1.29, 1.82) is 0 Å². The number of hydrogen-bond acceptors (Lipinski definition) is 1. The van der Waals surface area contributed by atoms with Crippen molar-refractivity contribution in [2.75, 3.05) is 0 Å². The van der Waals surface area contributed by atoms with E-state index in [2.05, 4.69) is 38.2 Å². The van der Waals surface area contributed by atoms with Crippen LogP contribution in [0.3, 0.4) is 0 Å². The highest BCUT2D eigenvalue weighted by molar-refractivity contribution is 5.91. The molecule has 1 aliphatic carbocycles. The predicted octanol–water partition coefficient (Wildman–Crippen LogP) is 3.70. The van der Waals surface area contributed by atoms with Gasteiger partial charge in [0.25, 0.3) is 0 Å². The molecule has 1 atom stereocenters. The second kappa shape index (κ2) is 5.60. The fraction of sp³-hybridized carbons (Fsp3) is 0.471. The van der Waals surface area contributed by atoms with E-state index >= 15 is 0 Å². The van der Waals surface area contributed by atoms with Crippen LogP contribution in [0.25, 0.3) is 6.08 Å². The molecule has 0 bridgehead atoms. The number of benzene rings is 1. The van der Waals surface area contributed by atoms with E-state index < -0.39 is 0 Å². The minimum atomic E-state index is 0.0169. The monoisotopic (exact) mass is 257 g/mol. The van der Waals surface area contributed by atoms with E-state index in [1.807, 2.05) is 18.2 Å². The van der Waals surface area contributed by atoms with Crippen molar-refractivity contribution in [3.63, 3.8) is 0 Å². The average Bonchev–Trinajstić information content (AvgIpc) is 2.68. The van der Waals surface area contributed by atoms with Crippen LogP contribution in [-0.2, 0) is 4.79 Å². The minimum absolute atomic E-state index is 0.0169. The topological polar surface area (TPSA) is 29.1 Å². The van der Waals surface area contributed by atoms with Crippen LogP contribution in [0.4, 0.5) is 0 Å². The number of nitrogens with one attached hydrogen (secondary N) is 1. The zero-order chi connectivity index (χ0) is 13.9. The molecule has 19 heavy (non-hydrogen) atoms. The Kier molecular flexibility index (Phi) is 4.08. The summed E-state index contributed by atoms with van der Waals surface area (Å²) in [6, 6.07) is 8.49. The summed E-state index contributed by atoms with van der Waals surface area (Å²) in [5.74, 6) is 0.0169. The van der Waals surface area contributed by atoms with Gasteiger partial charge in [0.2, 0.25) is 5.91 Å². The van der Waals surface area contributed by atoms with Gasteiger partial charge in [-0.15, -0.1) is 0 Å². The highest BCUT2D eigenvalue weighted by Gasteiger charge is 2.31. The Labute approximate surface area is 115 Å². The van der Waals surface area contributed by atoms with Crippen LogP contribution in [0.15, 0.2) is 30.3 Å². The summed E-state index contributed by atoms with van der Waals surface area (Å²) < 4.78 is 0. The van der Waals surface area contributed by atoms with Crippen LogP contribution in [0.1, 0.15) is 44.2 Å². The number of carbonyl (C=O) groups excluding carboxylic acids is 1. The first-order valence-electron chi connectivity index (χ1n) is 7.00. The van der Waals surface area contributed by atoms with Gasteiger partial charge in [-0.2, -0.15) is 0 Å². The lowest BCUT2D eigenvalue weighted by Gasteiger charge is -2.17. The number of amides is 1. The van der Waals surface area contributed by atoms with Crippen LogP contribution in [0.5, 0.6) is 0 Å². The second-order valence-electron chi connectivity index (χ2n) is 6.36. The van der Waals surface area contributed by atoms with Crippen LogP contribution >= 0.6 is 0 Å². The van der Waals surface area contributed by atoms with E-state index in [-0.39, 0.29) is 5.91 Å². The maximum atomic E-state index is 11.9. The van der Waals surface area contributed by atoms with E-state index in [0.29, 0.717) is 11.5 Å². The van der Waals surface area contributed by atoms with E-state index in [4.69, 9.17) is 0 Å². The third-order valence-electron chi connectivity index (χ3n) is 3.82. The van der Waals surface area contributed by atoms with Gasteiger partial charge in [0.15, 0.2) is 0 Å². The Bertz CT molecular complexity index is 471. The number of aryl methyl sites for hydroxylation is 1. The van der Waals surface area contributed by atoms with Crippen LogP contribution in [0, 0.1) is 12.3 Å². The van der Waals surface area contributed by atoms with Gasteiger partial charge in [-0.05, 0) is 43.2 Å². The second-order valence-corrected chi connectivity index (χ2v) is 6.36. The predicted molar refractivity (Wildman–Crippen MR) is 79.8 cm³/mol. The van der Waals surface area contributed by atoms with Crippen molar-refractivity contribution in [3.8, 4) is 0 Å². The normalized spacial score (nSPS) is 21.7. The zero-order valence-corrected chi connectivity index (χ0v) is 12.1. The van der Waals surface area contributed by atoms with E-state index in [1.165, 1.54) is 12.0 Å². The molecule has 1 N–H and O–H groups in total. The maximum Gasteiger partial charge on any atom is 0.244 e. The molecule has 0 aliphatic heterocycles. The van der Waals surface area contributed by atoms with Crippen molar-refractivity contribution in [2.45, 2.75) is 46.1 Å². The Balaban J connectivity index is 1.86. The third kappa shape index (κ3) is 4.23. The first-order valence-corrected chi connectivity index (χ1v) is 7.00. The molecule has 2 heteroatoms. The summed E-state index contributed by atoms with van der Waals surface area (Å²) in [6.45, 7) is 6.59. The van der Waals surface area contributed by atoms with Gasteiger partial charge in [-0.25, -0.2) is 0 Å². The molecule has 0 radical (unpaired) electrons. The Morgan fingerprint density at radius 3 is 2.58 bits per heavy atom. The maximum absolute atomic E-state index is 11.9. The van der Waals surface area contributed by atoms with Gasteiger partial charge < -0.3 is 5.32 Å². The quantitative estimate of drug-likeness (QED) is 0.822. The zero-order valence-electron chi connectivity index (χ0n) is 12.1. The summed E-state index contributed by atoms with van der Waals surface area (Å²) in [5.41, 5.74) is 2.67. The molecule has 1 unspecified atom stereocenters. The van der Waals surface area contributed by atoms with E-state index in [9.17, 15) is 4.79 Å². The molecule has 1 aromatic rings. The molecule has 2 rings (SSSR count). The molecule has 2 nitrogen and oxygen atoms in total. The van der Waals surface area contributed by atoms with Gasteiger partial charge in [0, 0.05) is 12.1 Å². The van der Waals surface area contributed by atoms with Crippen molar-refractivity contribution < 1.29 is 4.79 Å². The fourth-order valence-corrected chi connectivity index (χ4v) is 2.66.